The van der Waals surface area contributed by atoms with E-state index in [9.17, 15) is 14.9 Å². The van der Waals surface area contributed by atoms with Crippen LogP contribution >= 0.6 is 0 Å². The Morgan fingerprint density at radius 3 is 2.86 bits per heavy atom. The van der Waals surface area contributed by atoms with Crippen LogP contribution in [0.25, 0.3) is 0 Å². The SMILES string of the molecule is CCn1nccc1C(C)NC(=O)c1ccc(COc2ccc(C)cc2[N+](=O)[O-])o1. The van der Waals surface area contributed by atoms with Gasteiger partial charge in [0.1, 0.15) is 12.4 Å². The largest absolute Gasteiger partial charge is 0.479 e. The summed E-state index contributed by atoms with van der Waals surface area (Å²) in [5, 5.41) is 18.2. The number of nitrogens with one attached hydrogen (secondary N) is 1. The van der Waals surface area contributed by atoms with E-state index in [4.69, 9.17) is 9.15 Å². The lowest BCUT2D eigenvalue weighted by molar-refractivity contribution is -0.386. The first kappa shape index (κ1) is 20.1. The van der Waals surface area contributed by atoms with Crippen LogP contribution in [0.5, 0.6) is 5.75 Å². The molecule has 3 aromatic rings. The van der Waals surface area contributed by atoms with Gasteiger partial charge in [-0.05, 0) is 50.6 Å². The molecule has 2 heterocycles. The average molecular weight is 398 g/mol. The molecule has 0 fully saturated rings. The third kappa shape index (κ3) is 4.63. The standard InChI is InChI=1S/C20H22N4O5/c1-4-23-16(9-10-21-23)14(3)22-20(25)19-8-6-15(29-19)12-28-18-7-5-13(2)11-17(18)24(26)27/h5-11,14H,4,12H2,1-3H3,(H,22,25). The molecule has 0 saturated heterocycles. The molecule has 9 heteroatoms. The number of aromatic nitrogens is 2. The molecule has 29 heavy (non-hydrogen) atoms. The highest BCUT2D eigenvalue weighted by molar-refractivity contribution is 5.91. The lowest BCUT2D eigenvalue weighted by Gasteiger charge is -2.14. The molecule has 0 aliphatic carbocycles. The molecule has 3 rings (SSSR count). The number of nitrogens with zero attached hydrogens (tertiary/aromatic N) is 3. The molecule has 1 aromatic carbocycles. The Balaban J connectivity index is 1.64. The Morgan fingerprint density at radius 1 is 1.34 bits per heavy atom. The Morgan fingerprint density at radius 2 is 2.14 bits per heavy atom. The van der Waals surface area contributed by atoms with E-state index in [1.54, 1.807) is 42.1 Å². The Labute approximate surface area is 167 Å². The third-order valence-electron chi connectivity index (χ3n) is 4.41. The van der Waals surface area contributed by atoms with Crippen LogP contribution in [0.2, 0.25) is 0 Å². The van der Waals surface area contributed by atoms with Gasteiger partial charge >= 0.3 is 5.69 Å². The predicted octanol–water partition coefficient (Wildman–Crippen LogP) is 3.78. The van der Waals surface area contributed by atoms with Crippen LogP contribution in [0, 0.1) is 17.0 Å². The monoisotopic (exact) mass is 398 g/mol. The number of ether oxygens (including phenoxy) is 1. The van der Waals surface area contributed by atoms with E-state index < -0.39 is 4.92 Å². The maximum atomic E-state index is 12.5. The molecule has 2 aromatic heterocycles. The van der Waals surface area contributed by atoms with Gasteiger partial charge in [0.2, 0.25) is 0 Å². The number of amides is 1. The van der Waals surface area contributed by atoms with Gasteiger partial charge in [-0.1, -0.05) is 6.07 Å². The van der Waals surface area contributed by atoms with Gasteiger partial charge in [-0.25, -0.2) is 0 Å². The van der Waals surface area contributed by atoms with E-state index in [0.29, 0.717) is 12.3 Å². The number of benzene rings is 1. The highest BCUT2D eigenvalue weighted by Crippen LogP contribution is 2.28. The highest BCUT2D eigenvalue weighted by atomic mass is 16.6. The second-order valence-corrected chi connectivity index (χ2v) is 6.55. The molecule has 0 aliphatic rings. The van der Waals surface area contributed by atoms with Crippen molar-refractivity contribution in [3.05, 3.63) is 75.5 Å². The van der Waals surface area contributed by atoms with Crippen molar-refractivity contribution >= 4 is 11.6 Å². The van der Waals surface area contributed by atoms with E-state index in [1.165, 1.54) is 6.07 Å². The Kier molecular flexibility index (Phi) is 5.96. The lowest BCUT2D eigenvalue weighted by Crippen LogP contribution is -2.28. The second-order valence-electron chi connectivity index (χ2n) is 6.55. The van der Waals surface area contributed by atoms with Gasteiger partial charge in [-0.2, -0.15) is 5.10 Å². The number of nitro benzene ring substituents is 1. The number of nitro groups is 1. The number of aryl methyl sites for hydroxylation is 2. The summed E-state index contributed by atoms with van der Waals surface area (Å²) in [6.07, 6.45) is 1.69. The quantitative estimate of drug-likeness (QED) is 0.456. The van der Waals surface area contributed by atoms with Gasteiger partial charge in [0.15, 0.2) is 11.5 Å². The molecular weight excluding hydrogens is 376 g/mol. The molecular formula is C20H22N4O5. The zero-order valence-corrected chi connectivity index (χ0v) is 16.4. The summed E-state index contributed by atoms with van der Waals surface area (Å²) in [6.45, 7) is 6.28. The van der Waals surface area contributed by atoms with Crippen LogP contribution in [-0.4, -0.2) is 20.6 Å². The summed E-state index contributed by atoms with van der Waals surface area (Å²) >= 11 is 0. The van der Waals surface area contributed by atoms with Crippen LogP contribution in [0.15, 0.2) is 47.0 Å². The number of rotatable bonds is 8. The minimum absolute atomic E-state index is 0.0324. The van der Waals surface area contributed by atoms with Crippen LogP contribution in [0.4, 0.5) is 5.69 Å². The first-order valence-corrected chi connectivity index (χ1v) is 9.18. The lowest BCUT2D eigenvalue weighted by atomic mass is 10.2. The normalized spacial score (nSPS) is 11.8. The van der Waals surface area contributed by atoms with Crippen molar-refractivity contribution < 1.29 is 18.9 Å². The molecule has 1 unspecified atom stereocenters. The van der Waals surface area contributed by atoms with Crippen molar-refractivity contribution in [3.8, 4) is 5.75 Å². The van der Waals surface area contributed by atoms with Crippen LogP contribution in [0.3, 0.4) is 0 Å². The minimum atomic E-state index is -0.494. The smallest absolute Gasteiger partial charge is 0.311 e. The number of furan rings is 1. The summed E-state index contributed by atoms with van der Waals surface area (Å²) < 4.78 is 12.9. The highest BCUT2D eigenvalue weighted by Gasteiger charge is 2.19. The second kappa shape index (κ2) is 8.59. The number of hydrogen-bond donors (Lipinski definition) is 1. The number of carbonyl (C=O) groups is 1. The van der Waals surface area contributed by atoms with Gasteiger partial charge in [0.25, 0.3) is 5.91 Å². The van der Waals surface area contributed by atoms with Gasteiger partial charge in [0, 0.05) is 18.8 Å². The van der Waals surface area contributed by atoms with Gasteiger partial charge in [-0.3, -0.25) is 19.6 Å². The molecule has 1 N–H and O–H groups in total. The van der Waals surface area contributed by atoms with Crippen molar-refractivity contribution in [3.63, 3.8) is 0 Å². The summed E-state index contributed by atoms with van der Waals surface area (Å²) in [4.78, 5) is 23.1. The fourth-order valence-corrected chi connectivity index (χ4v) is 2.94. The Hall–Kier alpha value is -3.62. The van der Waals surface area contributed by atoms with Gasteiger partial charge in [0.05, 0.1) is 16.7 Å². The van der Waals surface area contributed by atoms with Crippen LogP contribution in [-0.2, 0) is 13.2 Å². The van der Waals surface area contributed by atoms with E-state index in [2.05, 4.69) is 10.4 Å². The molecule has 9 nitrogen and oxygen atoms in total. The van der Waals surface area contributed by atoms with Crippen LogP contribution < -0.4 is 10.1 Å². The molecule has 0 bridgehead atoms. The maximum absolute atomic E-state index is 12.5. The first-order chi connectivity index (χ1) is 13.9. The van der Waals surface area contributed by atoms with Gasteiger partial charge < -0.3 is 14.5 Å². The summed E-state index contributed by atoms with van der Waals surface area (Å²) in [5.74, 6) is 0.297. The fourth-order valence-electron chi connectivity index (χ4n) is 2.94. The third-order valence-corrected chi connectivity index (χ3v) is 4.41. The molecule has 152 valence electrons. The number of carbonyl (C=O) groups excluding carboxylic acids is 1. The first-order valence-electron chi connectivity index (χ1n) is 9.18. The van der Waals surface area contributed by atoms with Crippen molar-refractivity contribution in [2.75, 3.05) is 0 Å². The van der Waals surface area contributed by atoms with Crippen molar-refractivity contribution in [1.82, 2.24) is 15.1 Å². The minimum Gasteiger partial charge on any atom is -0.479 e. The topological polar surface area (TPSA) is 112 Å². The van der Waals surface area contributed by atoms with E-state index in [1.807, 2.05) is 19.9 Å². The molecule has 0 aliphatic heterocycles. The Bertz CT molecular complexity index is 1020. The molecule has 1 atom stereocenters. The molecule has 0 saturated carbocycles. The van der Waals surface area contributed by atoms with Crippen LogP contribution in [0.1, 0.15) is 47.5 Å². The summed E-state index contributed by atoms with van der Waals surface area (Å²) in [7, 11) is 0. The maximum Gasteiger partial charge on any atom is 0.311 e. The fraction of sp³-hybridized carbons (Fsp3) is 0.300. The predicted molar refractivity (Wildman–Crippen MR) is 105 cm³/mol. The van der Waals surface area contributed by atoms with Crippen molar-refractivity contribution in [1.29, 1.82) is 0 Å². The van der Waals surface area contributed by atoms with Crippen molar-refractivity contribution in [2.24, 2.45) is 0 Å². The average Bonchev–Trinajstić information content (AvgIpc) is 3.36. The number of hydrogen-bond acceptors (Lipinski definition) is 6. The summed E-state index contributed by atoms with van der Waals surface area (Å²) in [5.41, 5.74) is 1.54. The zero-order valence-electron chi connectivity index (χ0n) is 16.4. The molecule has 0 radical (unpaired) electrons. The summed E-state index contributed by atoms with van der Waals surface area (Å²) in [6, 6.07) is 9.47. The van der Waals surface area contributed by atoms with E-state index in [-0.39, 0.29) is 35.8 Å². The van der Waals surface area contributed by atoms with Gasteiger partial charge in [-0.15, -0.1) is 0 Å². The molecule has 1 amide bonds. The van der Waals surface area contributed by atoms with E-state index >= 15 is 0 Å². The van der Waals surface area contributed by atoms with E-state index in [0.717, 1.165) is 11.3 Å². The zero-order chi connectivity index (χ0) is 21.0. The van der Waals surface area contributed by atoms with Crippen molar-refractivity contribution in [2.45, 2.75) is 40.0 Å². The molecule has 0 spiro atoms.